The lowest BCUT2D eigenvalue weighted by Gasteiger charge is -1.98. The second-order valence-corrected chi connectivity index (χ2v) is 4.24. The fourth-order valence-corrected chi connectivity index (χ4v) is 0.0962. The predicted octanol–water partition coefficient (Wildman–Crippen LogP) is -1.19. The molecule has 0 spiro atoms. The zero-order chi connectivity index (χ0) is 26.5. The lowest BCUT2D eigenvalue weighted by atomic mass is 10.4. The molecule has 0 aromatic rings. The maximum absolute atomic E-state index is 9.00. The van der Waals surface area contributed by atoms with Gasteiger partial charge in [0, 0.05) is 54.6 Å². The van der Waals surface area contributed by atoms with Crippen LogP contribution < -0.4 is 11.5 Å². The molecule has 0 radical (unpaired) electrons. The molecule has 0 saturated carbocycles. The van der Waals surface area contributed by atoms with Gasteiger partial charge in [-0.3, -0.25) is 28.8 Å². The van der Waals surface area contributed by atoms with Gasteiger partial charge in [-0.1, -0.05) is 0 Å². The Balaban J connectivity index is -0.0000000414. The molecule has 182 valence electrons. The Morgan fingerprint density at radius 2 is 0.567 bits per heavy atom. The van der Waals surface area contributed by atoms with E-state index in [-0.39, 0.29) is 13.1 Å². The molecule has 0 fully saturated rings. The topological polar surface area (TPSA) is 296 Å². The number of hydrogen-bond acceptors (Lipinski definition) is 9. The van der Waals surface area contributed by atoms with Crippen molar-refractivity contribution < 1.29 is 64.5 Å². The summed E-state index contributed by atoms with van der Waals surface area (Å²) in [5.41, 5.74) is 9.91. The van der Waals surface area contributed by atoms with E-state index in [0.717, 1.165) is 41.5 Å². The number of rotatable bonds is 2. The molecule has 0 aromatic heterocycles. The summed E-state index contributed by atoms with van der Waals surface area (Å²) in [6.45, 7) is 7.02. The molecule has 15 nitrogen and oxygen atoms in total. The molecule has 0 aliphatic carbocycles. The molecular weight excluding hydrogens is 416 g/mol. The van der Waals surface area contributed by atoms with Crippen molar-refractivity contribution >= 4 is 35.8 Å². The van der Waals surface area contributed by atoms with E-state index >= 15 is 0 Å². The molecule has 0 aliphatic rings. The second kappa shape index (κ2) is 40.4. The van der Waals surface area contributed by atoms with E-state index in [4.69, 9.17) is 76.0 Å². The van der Waals surface area contributed by atoms with Crippen molar-refractivity contribution in [3.63, 3.8) is 0 Å². The van der Waals surface area contributed by atoms with Crippen molar-refractivity contribution in [3.8, 4) is 0 Å². The number of carbonyl (C=O) groups is 6. The number of carboxylic acid groups (broad SMARTS) is 6. The second-order valence-electron chi connectivity index (χ2n) is 4.24. The number of carboxylic acids is 6. The number of hydrogen-bond donors (Lipinski definition) is 9. The summed E-state index contributed by atoms with van der Waals surface area (Å²) >= 11 is 0. The highest BCUT2D eigenvalue weighted by Crippen LogP contribution is 1.66. The number of aliphatic hydroxyl groups excluding tert-OH is 1. The normalized spacial score (nSPS) is 7.00. The molecule has 11 N–H and O–H groups in total. The molecule has 0 atom stereocenters. The van der Waals surface area contributed by atoms with Crippen molar-refractivity contribution in [1.29, 1.82) is 0 Å². The first-order valence-electron chi connectivity index (χ1n) is 7.46. The third-order valence-corrected chi connectivity index (χ3v) is 0.544. The largest absolute Gasteiger partial charge is 0.481 e. The van der Waals surface area contributed by atoms with Crippen molar-refractivity contribution in [3.05, 3.63) is 0 Å². The number of aliphatic carboxylic acids is 6. The van der Waals surface area contributed by atoms with Crippen molar-refractivity contribution in [2.75, 3.05) is 13.1 Å². The van der Waals surface area contributed by atoms with Gasteiger partial charge in [-0.25, -0.2) is 0 Å². The summed E-state index contributed by atoms with van der Waals surface area (Å²) in [5.74, 6) is -5.00. The van der Waals surface area contributed by atoms with Crippen LogP contribution in [0.25, 0.3) is 0 Å². The molecule has 30 heavy (non-hydrogen) atoms. The Bertz CT molecular complexity index is 333. The highest BCUT2D eigenvalue weighted by atomic mass is 16.4. The monoisotopic (exact) mass is 450 g/mol. The first-order chi connectivity index (χ1) is 13.2. The number of aliphatic hydroxyl groups is 1. The summed E-state index contributed by atoms with van der Waals surface area (Å²) in [7, 11) is 0. The average Bonchev–Trinajstić information content (AvgIpc) is 2.42. The van der Waals surface area contributed by atoms with Crippen LogP contribution in [0.5, 0.6) is 0 Å². The number of nitrogens with two attached hydrogens (primary N) is 2. The minimum Gasteiger partial charge on any atom is -0.481 e. The van der Waals surface area contributed by atoms with E-state index in [0.29, 0.717) is 0 Å². The Labute approximate surface area is 173 Å². The van der Waals surface area contributed by atoms with Gasteiger partial charge in [0.15, 0.2) is 0 Å². The smallest absolute Gasteiger partial charge is 0.300 e. The van der Waals surface area contributed by atoms with Crippen LogP contribution in [-0.4, -0.2) is 90.8 Å². The van der Waals surface area contributed by atoms with Gasteiger partial charge in [-0.05, 0) is 0 Å². The van der Waals surface area contributed by atoms with Crippen molar-refractivity contribution in [2.24, 2.45) is 11.5 Å². The van der Waals surface area contributed by atoms with Crippen LogP contribution in [0.15, 0.2) is 0 Å². The lowest BCUT2D eigenvalue weighted by Crippen LogP contribution is -2.27. The van der Waals surface area contributed by atoms with Crippen LogP contribution in [0.3, 0.4) is 0 Å². The van der Waals surface area contributed by atoms with E-state index in [1.807, 2.05) is 0 Å². The quantitative estimate of drug-likeness (QED) is 0.239. The fraction of sp³-hybridized carbons (Fsp3) is 0.600. The van der Waals surface area contributed by atoms with Crippen LogP contribution >= 0.6 is 0 Å². The molecule has 0 bridgehead atoms. The Hall–Kier alpha value is -3.30. The van der Waals surface area contributed by atoms with Crippen LogP contribution in [0.2, 0.25) is 0 Å². The molecule has 0 rings (SSSR count). The highest BCUT2D eigenvalue weighted by molar-refractivity contribution is 5.64. The first-order valence-corrected chi connectivity index (χ1v) is 7.46. The molecular formula is C15H34N2O13. The SMILES string of the molecule is CC(=O)O.CC(=O)O.CC(=O)O.CC(=O)O.CC(=O)O.CC(=O)O.NCC(O)CN. The van der Waals surface area contributed by atoms with E-state index in [1.54, 1.807) is 0 Å². The summed E-state index contributed by atoms with van der Waals surface area (Å²) in [4.78, 5) is 54.0. The highest BCUT2D eigenvalue weighted by Gasteiger charge is 1.91. The minimum atomic E-state index is -0.833. The zero-order valence-electron chi connectivity index (χ0n) is 17.7. The van der Waals surface area contributed by atoms with Crippen LogP contribution in [0.4, 0.5) is 0 Å². The van der Waals surface area contributed by atoms with Crippen LogP contribution in [-0.2, 0) is 28.8 Å². The first kappa shape index (κ1) is 45.4. The van der Waals surface area contributed by atoms with E-state index in [2.05, 4.69) is 0 Å². The van der Waals surface area contributed by atoms with E-state index in [1.165, 1.54) is 0 Å². The Morgan fingerprint density at radius 1 is 0.500 bits per heavy atom. The van der Waals surface area contributed by atoms with Crippen molar-refractivity contribution in [2.45, 2.75) is 47.6 Å². The maximum atomic E-state index is 9.00. The van der Waals surface area contributed by atoms with Crippen LogP contribution in [0.1, 0.15) is 41.5 Å². The lowest BCUT2D eigenvalue weighted by molar-refractivity contribution is -0.135. The minimum absolute atomic E-state index is 0.260. The molecule has 0 amide bonds. The molecule has 0 aliphatic heterocycles. The summed E-state index contributed by atoms with van der Waals surface area (Å²) in [5, 5.41) is 52.9. The van der Waals surface area contributed by atoms with Gasteiger partial charge in [0.05, 0.1) is 6.10 Å². The summed E-state index contributed by atoms with van der Waals surface area (Å²) in [6, 6.07) is 0. The van der Waals surface area contributed by atoms with Crippen LogP contribution in [0, 0.1) is 0 Å². The van der Waals surface area contributed by atoms with E-state index < -0.39 is 41.9 Å². The van der Waals surface area contributed by atoms with Gasteiger partial charge >= 0.3 is 0 Å². The van der Waals surface area contributed by atoms with Crippen molar-refractivity contribution in [1.82, 2.24) is 0 Å². The standard InChI is InChI=1S/C3H10N2O.6C2H4O2/c4-1-3(6)2-5;6*1-2(3)4/h3,6H,1-2,4-5H2;6*1H3,(H,3,4). The maximum Gasteiger partial charge on any atom is 0.300 e. The van der Waals surface area contributed by atoms with E-state index in [9.17, 15) is 0 Å². The molecule has 0 aromatic carbocycles. The van der Waals surface area contributed by atoms with Gasteiger partial charge in [0.1, 0.15) is 0 Å². The fourth-order valence-electron chi connectivity index (χ4n) is 0.0962. The Kier molecular flexibility index (Phi) is 61.2. The molecule has 0 heterocycles. The van der Waals surface area contributed by atoms with Gasteiger partial charge in [0.2, 0.25) is 0 Å². The third kappa shape index (κ3) is 28300. The summed E-state index contributed by atoms with van der Waals surface area (Å²) in [6.07, 6.45) is -0.509. The zero-order valence-corrected chi connectivity index (χ0v) is 17.7. The van der Waals surface area contributed by atoms with Gasteiger partial charge in [0.25, 0.3) is 35.8 Å². The average molecular weight is 450 g/mol. The van der Waals surface area contributed by atoms with Gasteiger partial charge < -0.3 is 47.2 Å². The predicted molar refractivity (Wildman–Crippen MR) is 104 cm³/mol. The molecule has 0 unspecified atom stereocenters. The van der Waals surface area contributed by atoms with Gasteiger partial charge in [-0.2, -0.15) is 0 Å². The molecule has 0 saturated heterocycles. The Morgan fingerprint density at radius 3 is 0.567 bits per heavy atom. The van der Waals surface area contributed by atoms with Gasteiger partial charge in [-0.15, -0.1) is 0 Å². The summed E-state index contributed by atoms with van der Waals surface area (Å²) < 4.78 is 0. The molecule has 15 heteroatoms. The third-order valence-electron chi connectivity index (χ3n) is 0.544.